The highest BCUT2D eigenvalue weighted by Crippen LogP contribution is 2.28. The number of benzene rings is 3. The first-order valence-electron chi connectivity index (χ1n) is 9.99. The Kier molecular flexibility index (Phi) is 5.04. The van der Waals surface area contributed by atoms with Gasteiger partial charge in [-0.1, -0.05) is 87.5 Å². The van der Waals surface area contributed by atoms with Gasteiger partial charge in [0.25, 0.3) is 0 Å². The molecule has 0 spiro atoms. The summed E-state index contributed by atoms with van der Waals surface area (Å²) in [7, 11) is 0. The number of aromatic nitrogens is 1. The van der Waals surface area contributed by atoms with Crippen molar-refractivity contribution in [2.75, 3.05) is 0 Å². The zero-order valence-corrected chi connectivity index (χ0v) is 17.3. The molecule has 0 fully saturated rings. The van der Waals surface area contributed by atoms with Gasteiger partial charge < -0.3 is 0 Å². The monoisotopic (exact) mass is 393 g/mol. The number of nitrogens with zero attached hydrogens (tertiary/aromatic N) is 1. The molecule has 3 aromatic carbocycles. The molecule has 3 nitrogen and oxygen atoms in total. The average molecular weight is 393 g/mol. The molecule has 30 heavy (non-hydrogen) atoms. The topological polar surface area (TPSA) is 47.0 Å². The van der Waals surface area contributed by atoms with E-state index >= 15 is 0 Å². The van der Waals surface area contributed by atoms with Crippen molar-refractivity contribution in [3.05, 3.63) is 113 Å². The fourth-order valence-electron chi connectivity index (χ4n) is 3.46. The molecule has 0 saturated heterocycles. The van der Waals surface area contributed by atoms with E-state index in [2.05, 4.69) is 31.8 Å². The van der Waals surface area contributed by atoms with Crippen LogP contribution in [0, 0.1) is 0 Å². The van der Waals surface area contributed by atoms with Crippen LogP contribution in [-0.4, -0.2) is 16.6 Å². The van der Waals surface area contributed by atoms with E-state index in [4.69, 9.17) is 0 Å². The van der Waals surface area contributed by atoms with Crippen LogP contribution in [0.4, 0.5) is 0 Å². The smallest absolute Gasteiger partial charge is 0.212 e. The maximum Gasteiger partial charge on any atom is 0.212 e. The lowest BCUT2D eigenvalue weighted by molar-refractivity contribution is 0.1000. The Morgan fingerprint density at radius 1 is 0.700 bits per heavy atom. The van der Waals surface area contributed by atoms with Gasteiger partial charge in [0, 0.05) is 16.5 Å². The van der Waals surface area contributed by atoms with Gasteiger partial charge in [0.05, 0.1) is 11.1 Å². The molecule has 1 aromatic heterocycles. The molecular formula is C27H23NO2. The number of rotatable bonds is 4. The number of pyridine rings is 1. The quantitative estimate of drug-likeness (QED) is 0.400. The summed E-state index contributed by atoms with van der Waals surface area (Å²) >= 11 is 0. The second kappa shape index (κ2) is 7.68. The van der Waals surface area contributed by atoms with Crippen molar-refractivity contribution in [3.63, 3.8) is 0 Å². The number of fused-ring (bicyclic) bond motifs is 1. The molecular weight excluding hydrogens is 370 g/mol. The second-order valence-corrected chi connectivity index (χ2v) is 8.43. The van der Waals surface area contributed by atoms with Crippen molar-refractivity contribution < 1.29 is 9.59 Å². The van der Waals surface area contributed by atoms with E-state index in [-0.39, 0.29) is 22.7 Å². The fourth-order valence-corrected chi connectivity index (χ4v) is 3.46. The molecule has 0 amide bonds. The highest BCUT2D eigenvalue weighted by atomic mass is 16.1. The lowest BCUT2D eigenvalue weighted by Crippen LogP contribution is -2.14. The van der Waals surface area contributed by atoms with E-state index in [0.29, 0.717) is 22.2 Å². The van der Waals surface area contributed by atoms with E-state index in [9.17, 15) is 9.59 Å². The average Bonchev–Trinajstić information content (AvgIpc) is 2.77. The van der Waals surface area contributed by atoms with Crippen molar-refractivity contribution in [2.45, 2.75) is 26.2 Å². The van der Waals surface area contributed by atoms with Crippen LogP contribution in [0.3, 0.4) is 0 Å². The minimum atomic E-state index is -0.253. The van der Waals surface area contributed by atoms with Crippen molar-refractivity contribution in [2.24, 2.45) is 0 Å². The van der Waals surface area contributed by atoms with Gasteiger partial charge in [-0.2, -0.15) is 0 Å². The van der Waals surface area contributed by atoms with Gasteiger partial charge >= 0.3 is 0 Å². The molecule has 0 aliphatic rings. The largest absolute Gasteiger partial charge is 0.289 e. The maximum atomic E-state index is 13.3. The van der Waals surface area contributed by atoms with Crippen molar-refractivity contribution in [1.29, 1.82) is 0 Å². The molecule has 4 aromatic rings. The first-order valence-corrected chi connectivity index (χ1v) is 9.99. The molecule has 0 saturated carbocycles. The highest BCUT2D eigenvalue weighted by molar-refractivity contribution is 6.20. The fraction of sp³-hybridized carbons (Fsp3) is 0.148. The molecule has 0 N–H and O–H groups in total. The van der Waals surface area contributed by atoms with Crippen LogP contribution in [0.2, 0.25) is 0 Å². The summed E-state index contributed by atoms with van der Waals surface area (Å²) in [6.07, 6.45) is 0. The van der Waals surface area contributed by atoms with Crippen LogP contribution in [0.15, 0.2) is 84.9 Å². The predicted molar refractivity (Wildman–Crippen MR) is 120 cm³/mol. The van der Waals surface area contributed by atoms with Crippen LogP contribution in [0.5, 0.6) is 0 Å². The first-order chi connectivity index (χ1) is 14.3. The van der Waals surface area contributed by atoms with Crippen LogP contribution < -0.4 is 0 Å². The Morgan fingerprint density at radius 3 is 1.83 bits per heavy atom. The van der Waals surface area contributed by atoms with Crippen LogP contribution in [0.25, 0.3) is 10.9 Å². The molecule has 0 radical (unpaired) electrons. The minimum Gasteiger partial charge on any atom is -0.289 e. The number of hydrogen-bond acceptors (Lipinski definition) is 3. The maximum absolute atomic E-state index is 13.3. The molecule has 3 heteroatoms. The van der Waals surface area contributed by atoms with Gasteiger partial charge in [0.1, 0.15) is 5.69 Å². The van der Waals surface area contributed by atoms with Gasteiger partial charge in [-0.25, -0.2) is 4.98 Å². The van der Waals surface area contributed by atoms with Crippen molar-refractivity contribution >= 4 is 22.5 Å². The van der Waals surface area contributed by atoms with E-state index < -0.39 is 0 Å². The molecule has 0 aliphatic carbocycles. The molecule has 148 valence electrons. The number of carbonyl (C=O) groups is 2. The Bertz CT molecular complexity index is 1240. The second-order valence-electron chi connectivity index (χ2n) is 8.43. The zero-order chi connectivity index (χ0) is 21.3. The lowest BCUT2D eigenvalue weighted by atomic mass is 9.86. The normalized spacial score (nSPS) is 11.4. The van der Waals surface area contributed by atoms with E-state index in [0.717, 1.165) is 10.9 Å². The third-order valence-corrected chi connectivity index (χ3v) is 5.21. The van der Waals surface area contributed by atoms with Gasteiger partial charge in [-0.15, -0.1) is 0 Å². The Labute approximate surface area is 176 Å². The van der Waals surface area contributed by atoms with Crippen molar-refractivity contribution in [3.8, 4) is 0 Å². The Hall–Kier alpha value is -3.59. The third kappa shape index (κ3) is 3.79. The lowest BCUT2D eigenvalue weighted by Gasteiger charge is -2.19. The van der Waals surface area contributed by atoms with Crippen molar-refractivity contribution in [1.82, 2.24) is 4.98 Å². The summed E-state index contributed by atoms with van der Waals surface area (Å²) in [5.41, 5.74) is 3.38. The summed E-state index contributed by atoms with van der Waals surface area (Å²) in [6.45, 7) is 6.43. The third-order valence-electron chi connectivity index (χ3n) is 5.21. The molecule has 0 atom stereocenters. The standard InChI is InChI=1S/C27H23NO2/c1-27(2,3)21-14-15-23-20(16-21)17-22(25(29)18-10-6-4-7-11-18)24(28-23)26(30)19-12-8-5-9-13-19/h4-17H,1-3H3. The van der Waals surface area contributed by atoms with E-state index in [1.54, 1.807) is 24.3 Å². The molecule has 0 bridgehead atoms. The minimum absolute atomic E-state index is 0.0314. The zero-order valence-electron chi connectivity index (χ0n) is 17.3. The number of hydrogen-bond donors (Lipinski definition) is 0. The van der Waals surface area contributed by atoms with Gasteiger partial charge in [-0.05, 0) is 29.2 Å². The summed E-state index contributed by atoms with van der Waals surface area (Å²) in [6, 6.07) is 25.8. The first kappa shape index (κ1) is 19.7. The number of carbonyl (C=O) groups excluding carboxylic acids is 2. The number of ketones is 2. The molecule has 4 rings (SSSR count). The molecule has 1 heterocycles. The highest BCUT2D eigenvalue weighted by Gasteiger charge is 2.23. The summed E-state index contributed by atoms with van der Waals surface area (Å²) in [4.78, 5) is 31.2. The van der Waals surface area contributed by atoms with Gasteiger partial charge in [0.15, 0.2) is 5.78 Å². The van der Waals surface area contributed by atoms with Crippen LogP contribution in [-0.2, 0) is 5.41 Å². The van der Waals surface area contributed by atoms with E-state index in [1.165, 1.54) is 0 Å². The van der Waals surface area contributed by atoms with Crippen LogP contribution in [0.1, 0.15) is 58.3 Å². The summed E-state index contributed by atoms with van der Waals surface area (Å²) in [5.74, 6) is -0.456. The van der Waals surface area contributed by atoms with E-state index in [1.807, 2.05) is 54.6 Å². The van der Waals surface area contributed by atoms with Gasteiger partial charge in [-0.3, -0.25) is 9.59 Å². The SMILES string of the molecule is CC(C)(C)c1ccc2nc(C(=O)c3ccccc3)c(C(=O)c3ccccc3)cc2c1. The van der Waals surface area contributed by atoms with Gasteiger partial charge in [0.2, 0.25) is 5.78 Å². The Morgan fingerprint density at radius 2 is 1.27 bits per heavy atom. The van der Waals surface area contributed by atoms with Crippen LogP contribution >= 0.6 is 0 Å². The summed E-state index contributed by atoms with van der Waals surface area (Å²) in [5, 5.41) is 0.853. The molecule has 0 aliphatic heterocycles. The molecule has 0 unspecified atom stereocenters. The Balaban J connectivity index is 1.94. The summed E-state index contributed by atoms with van der Waals surface area (Å²) < 4.78 is 0. The predicted octanol–water partition coefficient (Wildman–Crippen LogP) is 5.99.